The number of amides is 1. The molecule has 0 aliphatic carbocycles. The molecule has 0 fully saturated rings. The largest absolute Gasteiger partial charge is 0.454 e. The molecule has 1 amide bonds. The van der Waals surface area contributed by atoms with Gasteiger partial charge in [-0.15, -0.1) is 0 Å². The highest BCUT2D eigenvalue weighted by atomic mass is 16.7. The fourth-order valence-electron chi connectivity index (χ4n) is 3.32. The molecule has 0 saturated carbocycles. The van der Waals surface area contributed by atoms with Crippen LogP contribution in [0.4, 0.5) is 11.4 Å². The van der Waals surface area contributed by atoms with E-state index in [1.165, 1.54) is 6.92 Å². The second-order valence-corrected chi connectivity index (χ2v) is 6.69. The van der Waals surface area contributed by atoms with E-state index in [1.54, 1.807) is 0 Å². The van der Waals surface area contributed by atoms with Crippen LogP contribution in [0.25, 0.3) is 5.69 Å². The van der Waals surface area contributed by atoms with Gasteiger partial charge >= 0.3 is 0 Å². The highest BCUT2D eigenvalue weighted by Gasteiger charge is 2.13. The Hall–Kier alpha value is -3.54. The summed E-state index contributed by atoms with van der Waals surface area (Å²) in [4.78, 5) is 15.8. The van der Waals surface area contributed by atoms with Gasteiger partial charge < -0.3 is 19.4 Å². The zero-order valence-electron chi connectivity index (χ0n) is 16.0. The molecule has 0 atom stereocenters. The standard InChI is InChI=1S/C22H21N3O3/c1-14-10-17(12-23-19-6-9-21-22(11-19)28-13-27-21)15(2)25(14)20-7-4-18(5-8-20)24-16(3)26/h4-12H,13H2,1-3H3,(H,24,26). The Morgan fingerprint density at radius 3 is 2.57 bits per heavy atom. The summed E-state index contributed by atoms with van der Waals surface area (Å²) in [6.07, 6.45) is 1.86. The molecule has 6 nitrogen and oxygen atoms in total. The van der Waals surface area contributed by atoms with E-state index in [9.17, 15) is 4.79 Å². The Kier molecular flexibility index (Phi) is 4.61. The van der Waals surface area contributed by atoms with Crippen LogP contribution in [0.5, 0.6) is 11.5 Å². The maximum absolute atomic E-state index is 11.2. The first-order valence-corrected chi connectivity index (χ1v) is 9.02. The molecule has 1 N–H and O–H groups in total. The number of carbonyl (C=O) groups excluding carboxylic acids is 1. The van der Waals surface area contributed by atoms with E-state index < -0.39 is 0 Å². The third-order valence-electron chi connectivity index (χ3n) is 4.63. The lowest BCUT2D eigenvalue weighted by molar-refractivity contribution is -0.114. The minimum atomic E-state index is -0.0805. The molecule has 0 bridgehead atoms. The van der Waals surface area contributed by atoms with Crippen molar-refractivity contribution in [3.05, 3.63) is 65.5 Å². The second-order valence-electron chi connectivity index (χ2n) is 6.69. The monoisotopic (exact) mass is 375 g/mol. The first kappa shape index (κ1) is 17.9. The second kappa shape index (κ2) is 7.23. The van der Waals surface area contributed by atoms with Gasteiger partial charge in [-0.25, -0.2) is 0 Å². The number of nitrogens with zero attached hydrogens (tertiary/aromatic N) is 2. The molecule has 6 heteroatoms. The lowest BCUT2D eigenvalue weighted by Gasteiger charge is -2.11. The number of ether oxygens (including phenoxy) is 2. The normalized spacial score (nSPS) is 12.5. The summed E-state index contributed by atoms with van der Waals surface area (Å²) in [5, 5.41) is 2.79. The zero-order chi connectivity index (χ0) is 19.7. The predicted molar refractivity (Wildman–Crippen MR) is 109 cm³/mol. The summed E-state index contributed by atoms with van der Waals surface area (Å²) in [5.41, 5.74) is 5.87. The maximum atomic E-state index is 11.2. The van der Waals surface area contributed by atoms with E-state index in [4.69, 9.17) is 9.47 Å². The van der Waals surface area contributed by atoms with Crippen LogP contribution < -0.4 is 14.8 Å². The molecule has 2 heterocycles. The van der Waals surface area contributed by atoms with Gasteiger partial charge in [-0.2, -0.15) is 0 Å². The van der Waals surface area contributed by atoms with E-state index in [0.29, 0.717) is 0 Å². The zero-order valence-corrected chi connectivity index (χ0v) is 16.0. The van der Waals surface area contributed by atoms with E-state index in [1.807, 2.05) is 48.7 Å². The van der Waals surface area contributed by atoms with Gasteiger partial charge in [0.25, 0.3) is 0 Å². The molecule has 0 spiro atoms. The van der Waals surface area contributed by atoms with E-state index in [2.05, 4.69) is 34.8 Å². The van der Waals surface area contributed by atoms with Gasteiger partial charge in [0, 0.05) is 47.5 Å². The van der Waals surface area contributed by atoms with Crippen LogP contribution >= 0.6 is 0 Å². The number of anilines is 1. The van der Waals surface area contributed by atoms with Gasteiger partial charge in [0.05, 0.1) is 5.69 Å². The van der Waals surface area contributed by atoms with Crippen molar-refractivity contribution in [3.8, 4) is 17.2 Å². The molecule has 2 aromatic carbocycles. The number of aromatic nitrogens is 1. The molecule has 0 saturated heterocycles. The topological polar surface area (TPSA) is 64.9 Å². The molecule has 3 aromatic rings. The molecular weight excluding hydrogens is 354 g/mol. The Morgan fingerprint density at radius 1 is 1.07 bits per heavy atom. The maximum Gasteiger partial charge on any atom is 0.231 e. The average molecular weight is 375 g/mol. The number of hydrogen-bond acceptors (Lipinski definition) is 4. The molecule has 4 rings (SSSR count). The Labute approximate surface area is 163 Å². The van der Waals surface area contributed by atoms with Crippen LogP contribution in [-0.4, -0.2) is 23.5 Å². The summed E-state index contributed by atoms with van der Waals surface area (Å²) >= 11 is 0. The van der Waals surface area contributed by atoms with Crippen molar-refractivity contribution < 1.29 is 14.3 Å². The SMILES string of the molecule is CC(=O)Nc1ccc(-n2c(C)cc(C=Nc3ccc4c(c3)OCO4)c2C)cc1. The minimum absolute atomic E-state index is 0.0805. The van der Waals surface area contributed by atoms with Crippen molar-refractivity contribution in [1.29, 1.82) is 0 Å². The van der Waals surface area contributed by atoms with Crippen molar-refractivity contribution in [3.63, 3.8) is 0 Å². The minimum Gasteiger partial charge on any atom is -0.454 e. The van der Waals surface area contributed by atoms with Gasteiger partial charge in [0.2, 0.25) is 12.7 Å². The number of rotatable bonds is 4. The summed E-state index contributed by atoms with van der Waals surface area (Å²) < 4.78 is 12.9. The third kappa shape index (κ3) is 3.49. The van der Waals surface area contributed by atoms with Crippen LogP contribution in [0.1, 0.15) is 23.9 Å². The van der Waals surface area contributed by atoms with Crippen LogP contribution in [0, 0.1) is 13.8 Å². The average Bonchev–Trinajstić information content (AvgIpc) is 3.24. The van der Waals surface area contributed by atoms with Crippen molar-refractivity contribution in [1.82, 2.24) is 4.57 Å². The lowest BCUT2D eigenvalue weighted by atomic mass is 10.2. The lowest BCUT2D eigenvalue weighted by Crippen LogP contribution is -2.06. The Balaban J connectivity index is 1.59. The Morgan fingerprint density at radius 2 is 1.82 bits per heavy atom. The Bertz CT molecular complexity index is 1070. The molecule has 28 heavy (non-hydrogen) atoms. The van der Waals surface area contributed by atoms with E-state index in [0.717, 1.165) is 45.5 Å². The molecule has 142 valence electrons. The highest BCUT2D eigenvalue weighted by molar-refractivity contribution is 5.88. The van der Waals surface area contributed by atoms with Gasteiger partial charge in [-0.1, -0.05) is 0 Å². The number of hydrogen-bond donors (Lipinski definition) is 1. The molecule has 0 radical (unpaired) electrons. The van der Waals surface area contributed by atoms with Crippen LogP contribution in [0.15, 0.2) is 53.5 Å². The fourth-order valence-corrected chi connectivity index (χ4v) is 3.32. The number of aliphatic imine (C=N–C) groups is 1. The first-order valence-electron chi connectivity index (χ1n) is 9.02. The molecule has 1 aliphatic rings. The van der Waals surface area contributed by atoms with Gasteiger partial charge in [0.15, 0.2) is 11.5 Å². The number of fused-ring (bicyclic) bond motifs is 1. The van der Waals surface area contributed by atoms with Gasteiger partial charge in [-0.3, -0.25) is 9.79 Å². The smallest absolute Gasteiger partial charge is 0.231 e. The number of benzene rings is 2. The summed E-state index contributed by atoms with van der Waals surface area (Å²) in [5.74, 6) is 1.39. The van der Waals surface area contributed by atoms with Crippen molar-refractivity contribution >= 4 is 23.5 Å². The van der Waals surface area contributed by atoms with Crippen LogP contribution in [0.2, 0.25) is 0 Å². The quantitative estimate of drug-likeness (QED) is 0.681. The van der Waals surface area contributed by atoms with E-state index >= 15 is 0 Å². The molecule has 1 aromatic heterocycles. The predicted octanol–water partition coefficient (Wildman–Crippen LogP) is 4.53. The van der Waals surface area contributed by atoms with Crippen LogP contribution in [0.3, 0.4) is 0 Å². The summed E-state index contributed by atoms with van der Waals surface area (Å²) in [7, 11) is 0. The number of aryl methyl sites for hydroxylation is 1. The molecular formula is C22H21N3O3. The van der Waals surface area contributed by atoms with Gasteiger partial charge in [0.1, 0.15) is 0 Å². The molecule has 0 unspecified atom stereocenters. The first-order chi connectivity index (χ1) is 13.5. The van der Waals surface area contributed by atoms with Crippen molar-refractivity contribution in [2.24, 2.45) is 4.99 Å². The van der Waals surface area contributed by atoms with E-state index in [-0.39, 0.29) is 12.7 Å². The van der Waals surface area contributed by atoms with Crippen LogP contribution in [-0.2, 0) is 4.79 Å². The number of nitrogens with one attached hydrogen (secondary N) is 1. The fraction of sp³-hybridized carbons (Fsp3) is 0.182. The van der Waals surface area contributed by atoms with Crippen molar-refractivity contribution in [2.45, 2.75) is 20.8 Å². The van der Waals surface area contributed by atoms with Gasteiger partial charge in [-0.05, 0) is 56.3 Å². The molecule has 1 aliphatic heterocycles. The summed E-state index contributed by atoms with van der Waals surface area (Å²) in [6, 6.07) is 15.5. The third-order valence-corrected chi connectivity index (χ3v) is 4.63. The summed E-state index contributed by atoms with van der Waals surface area (Å²) in [6.45, 7) is 5.88. The highest BCUT2D eigenvalue weighted by Crippen LogP contribution is 2.35. The number of carbonyl (C=O) groups is 1. The van der Waals surface area contributed by atoms with Crippen molar-refractivity contribution in [2.75, 3.05) is 12.1 Å².